The second-order valence-electron chi connectivity index (χ2n) is 5.72. The van der Waals surface area contributed by atoms with E-state index in [0.29, 0.717) is 18.8 Å². The highest BCUT2D eigenvalue weighted by atomic mass is 32.2. The Kier molecular flexibility index (Phi) is 2.52. The third-order valence-corrected chi connectivity index (χ3v) is 5.80. The first-order chi connectivity index (χ1) is 10.4. The van der Waals surface area contributed by atoms with Gasteiger partial charge in [0.15, 0.2) is 11.5 Å². The van der Waals surface area contributed by atoms with E-state index < -0.39 is 0 Å². The second-order valence-corrected chi connectivity index (χ2v) is 6.78. The molecule has 0 aromatic heterocycles. The van der Waals surface area contributed by atoms with Gasteiger partial charge in [0.2, 0.25) is 6.79 Å². The van der Waals surface area contributed by atoms with Crippen molar-refractivity contribution in [2.24, 2.45) is 0 Å². The van der Waals surface area contributed by atoms with Crippen molar-refractivity contribution in [1.82, 2.24) is 5.32 Å². The van der Waals surface area contributed by atoms with Gasteiger partial charge in [-0.3, -0.25) is 0 Å². The van der Waals surface area contributed by atoms with Gasteiger partial charge in [0.05, 0.1) is 0 Å². The summed E-state index contributed by atoms with van der Waals surface area (Å²) in [6.45, 7) is 1.31. The van der Waals surface area contributed by atoms with Crippen LogP contribution < -0.4 is 14.8 Å². The Hall–Kier alpha value is -1.65. The fourth-order valence-electron chi connectivity index (χ4n) is 3.60. The average molecular weight is 297 g/mol. The fourth-order valence-corrected chi connectivity index (χ4v) is 4.81. The zero-order valence-corrected chi connectivity index (χ0v) is 12.3. The van der Waals surface area contributed by atoms with Crippen LogP contribution in [-0.4, -0.2) is 18.6 Å². The van der Waals surface area contributed by atoms with Crippen LogP contribution >= 0.6 is 11.8 Å². The highest BCUT2D eigenvalue weighted by Crippen LogP contribution is 2.48. The molecule has 0 unspecified atom stereocenters. The Balaban J connectivity index is 1.71. The van der Waals surface area contributed by atoms with E-state index in [1.54, 1.807) is 0 Å². The van der Waals surface area contributed by atoms with Crippen molar-refractivity contribution in [3.8, 4) is 11.5 Å². The zero-order chi connectivity index (χ0) is 13.8. The topological polar surface area (TPSA) is 30.5 Å². The molecule has 3 nitrogen and oxygen atoms in total. The number of ether oxygens (including phenoxy) is 2. The van der Waals surface area contributed by atoms with Crippen molar-refractivity contribution in [2.75, 3.05) is 12.5 Å². The van der Waals surface area contributed by atoms with Crippen LogP contribution in [0.15, 0.2) is 41.3 Å². The van der Waals surface area contributed by atoms with Crippen LogP contribution in [0.2, 0.25) is 0 Å². The highest BCUT2D eigenvalue weighted by molar-refractivity contribution is 7.99. The molecule has 3 aliphatic rings. The summed E-state index contributed by atoms with van der Waals surface area (Å²) in [5.41, 5.74) is 4.25. The normalized spacial score (nSPS) is 25.0. The maximum absolute atomic E-state index is 5.58. The highest BCUT2D eigenvalue weighted by Gasteiger charge is 2.36. The molecule has 0 aliphatic carbocycles. The molecule has 0 bridgehead atoms. The molecule has 2 aromatic carbocycles. The van der Waals surface area contributed by atoms with Crippen molar-refractivity contribution in [3.05, 3.63) is 53.1 Å². The molecule has 5 rings (SSSR count). The smallest absolute Gasteiger partial charge is 0.231 e. The number of benzene rings is 2. The maximum Gasteiger partial charge on any atom is 0.231 e. The lowest BCUT2D eigenvalue weighted by Crippen LogP contribution is -2.43. The number of rotatable bonds is 0. The van der Waals surface area contributed by atoms with E-state index in [9.17, 15) is 0 Å². The molecule has 0 saturated heterocycles. The molecule has 0 radical (unpaired) electrons. The molecule has 1 N–H and O–H groups in total. The van der Waals surface area contributed by atoms with E-state index in [0.717, 1.165) is 23.8 Å². The van der Waals surface area contributed by atoms with Gasteiger partial charge in [-0.2, -0.15) is 0 Å². The molecule has 21 heavy (non-hydrogen) atoms. The van der Waals surface area contributed by atoms with Crippen LogP contribution in [0.1, 0.15) is 22.6 Å². The fraction of sp³-hybridized carbons (Fsp3) is 0.294. The predicted molar refractivity (Wildman–Crippen MR) is 82.2 cm³/mol. The number of nitrogens with one attached hydrogen (secondary N) is 1. The first kappa shape index (κ1) is 12.0. The van der Waals surface area contributed by atoms with Gasteiger partial charge in [-0.1, -0.05) is 24.3 Å². The Morgan fingerprint density at radius 2 is 1.90 bits per heavy atom. The summed E-state index contributed by atoms with van der Waals surface area (Å²) in [5, 5.41) is 3.69. The molecule has 0 fully saturated rings. The zero-order valence-electron chi connectivity index (χ0n) is 11.5. The first-order valence-corrected chi connectivity index (χ1v) is 8.26. The molecule has 0 saturated carbocycles. The molecule has 3 heterocycles. The van der Waals surface area contributed by atoms with Gasteiger partial charge < -0.3 is 14.8 Å². The molecule has 3 aliphatic heterocycles. The number of fused-ring (bicyclic) bond motifs is 6. The Bertz CT molecular complexity index is 731. The van der Waals surface area contributed by atoms with Crippen molar-refractivity contribution in [1.29, 1.82) is 0 Å². The van der Waals surface area contributed by atoms with Crippen LogP contribution in [0, 0.1) is 0 Å². The minimum absolute atomic E-state index is 0.339. The maximum atomic E-state index is 5.58. The monoisotopic (exact) mass is 297 g/mol. The molecule has 2 aromatic rings. The van der Waals surface area contributed by atoms with Crippen LogP contribution in [0.4, 0.5) is 0 Å². The molecule has 2 atom stereocenters. The van der Waals surface area contributed by atoms with Crippen molar-refractivity contribution in [2.45, 2.75) is 23.4 Å². The third kappa shape index (κ3) is 1.72. The summed E-state index contributed by atoms with van der Waals surface area (Å²) < 4.78 is 11.1. The minimum atomic E-state index is 0.339. The lowest BCUT2D eigenvalue weighted by Gasteiger charge is -2.39. The van der Waals surface area contributed by atoms with Gasteiger partial charge in [0.1, 0.15) is 0 Å². The molecule has 0 spiro atoms. The van der Waals surface area contributed by atoms with E-state index in [1.165, 1.54) is 21.6 Å². The van der Waals surface area contributed by atoms with E-state index in [4.69, 9.17) is 9.47 Å². The van der Waals surface area contributed by atoms with Crippen molar-refractivity contribution in [3.63, 3.8) is 0 Å². The van der Waals surface area contributed by atoms with Crippen LogP contribution in [0.25, 0.3) is 0 Å². The summed E-state index contributed by atoms with van der Waals surface area (Å²) in [4.78, 5) is 1.33. The third-order valence-electron chi connectivity index (χ3n) is 4.61. The van der Waals surface area contributed by atoms with Gasteiger partial charge in [-0.25, -0.2) is 0 Å². The first-order valence-electron chi connectivity index (χ1n) is 7.28. The standard InChI is InChI=1S/C17H15NO2S/c1-2-4-11-10(3-1)7-18-13-8-21-16-6-15-14(19-9-20-15)5-12(16)17(11)13/h1-6,13,17-18H,7-9H2/t13-,17-/m1/s1. The number of thioether (sulfide) groups is 1. The minimum Gasteiger partial charge on any atom is -0.454 e. The number of hydrogen-bond donors (Lipinski definition) is 1. The van der Waals surface area contributed by atoms with E-state index in [-0.39, 0.29) is 0 Å². The Labute approximate surface area is 127 Å². The Morgan fingerprint density at radius 3 is 2.86 bits per heavy atom. The van der Waals surface area contributed by atoms with Crippen LogP contribution in [-0.2, 0) is 6.54 Å². The molecule has 0 amide bonds. The molecular formula is C17H15NO2S. The van der Waals surface area contributed by atoms with Crippen LogP contribution in [0.5, 0.6) is 11.5 Å². The summed E-state index contributed by atoms with van der Waals surface area (Å²) in [7, 11) is 0. The van der Waals surface area contributed by atoms with Gasteiger partial charge in [0, 0.05) is 29.2 Å². The summed E-state index contributed by atoms with van der Waals surface area (Å²) in [6, 6.07) is 13.6. The van der Waals surface area contributed by atoms with Gasteiger partial charge >= 0.3 is 0 Å². The SMILES string of the molecule is c1ccc2c(c1)CN[C@@H]1CSc3cc4c(cc3[C@@H]21)OCO4. The second kappa shape index (κ2) is 4.42. The van der Waals surface area contributed by atoms with E-state index in [1.807, 2.05) is 11.8 Å². The average Bonchev–Trinajstić information content (AvgIpc) is 2.99. The van der Waals surface area contributed by atoms with Crippen molar-refractivity contribution >= 4 is 11.8 Å². The van der Waals surface area contributed by atoms with E-state index >= 15 is 0 Å². The van der Waals surface area contributed by atoms with E-state index in [2.05, 4.69) is 41.7 Å². The largest absolute Gasteiger partial charge is 0.454 e. The van der Waals surface area contributed by atoms with Crippen molar-refractivity contribution < 1.29 is 9.47 Å². The Morgan fingerprint density at radius 1 is 1.05 bits per heavy atom. The molecule has 4 heteroatoms. The summed E-state index contributed by atoms with van der Waals surface area (Å²) in [5.74, 6) is 3.29. The van der Waals surface area contributed by atoms with Gasteiger partial charge in [0.25, 0.3) is 0 Å². The predicted octanol–water partition coefficient (Wildman–Crippen LogP) is 3.12. The van der Waals surface area contributed by atoms with Gasteiger partial charge in [-0.15, -0.1) is 11.8 Å². The number of hydrogen-bond acceptors (Lipinski definition) is 4. The van der Waals surface area contributed by atoms with Crippen LogP contribution in [0.3, 0.4) is 0 Å². The quantitative estimate of drug-likeness (QED) is 0.809. The van der Waals surface area contributed by atoms with Gasteiger partial charge in [-0.05, 0) is 28.8 Å². The lowest BCUT2D eigenvalue weighted by atomic mass is 9.80. The summed E-state index contributed by atoms with van der Waals surface area (Å²) in [6.07, 6.45) is 0. The molecule has 106 valence electrons. The molecular weight excluding hydrogens is 282 g/mol. The lowest BCUT2D eigenvalue weighted by molar-refractivity contribution is 0.174. The summed E-state index contributed by atoms with van der Waals surface area (Å²) >= 11 is 1.92.